The molecule has 0 bridgehead atoms. The molecule has 0 radical (unpaired) electrons. The summed E-state index contributed by atoms with van der Waals surface area (Å²) in [5, 5.41) is 2.70. The van der Waals surface area contributed by atoms with Crippen molar-refractivity contribution in [2.45, 2.75) is 13.5 Å². The molecule has 1 aromatic carbocycles. The fraction of sp³-hybridized carbons (Fsp3) is 0.167. The topological polar surface area (TPSA) is 89.8 Å². The molecule has 0 saturated heterocycles. The molecule has 0 aliphatic carbocycles. The van der Waals surface area contributed by atoms with Crippen LogP contribution in [-0.4, -0.2) is 9.97 Å². The quantitative estimate of drug-likeness (QED) is 0.752. The van der Waals surface area contributed by atoms with Gasteiger partial charge in [0.1, 0.15) is 5.02 Å². The van der Waals surface area contributed by atoms with Gasteiger partial charge in [-0.15, -0.1) is 0 Å². The molecule has 19 heavy (non-hydrogen) atoms. The molecule has 0 amide bonds. The van der Waals surface area contributed by atoms with Crippen LogP contribution in [0.1, 0.15) is 11.4 Å². The number of nitrogens with two attached hydrogens (primary N) is 2. The Kier molecular flexibility index (Phi) is 3.71. The number of anilines is 3. The van der Waals surface area contributed by atoms with Gasteiger partial charge in [-0.2, -0.15) is 0 Å². The number of halogens is 2. The van der Waals surface area contributed by atoms with Gasteiger partial charge in [-0.1, -0.05) is 11.6 Å². The number of hydrogen-bond acceptors (Lipinski definition) is 5. The second-order valence-electron chi connectivity index (χ2n) is 4.06. The Labute approximate surface area is 114 Å². The first-order chi connectivity index (χ1) is 8.99. The van der Waals surface area contributed by atoms with Crippen molar-refractivity contribution in [1.29, 1.82) is 0 Å². The van der Waals surface area contributed by atoms with Crippen LogP contribution < -0.4 is 16.8 Å². The molecule has 1 heterocycles. The van der Waals surface area contributed by atoms with Crippen molar-refractivity contribution >= 4 is 28.7 Å². The Balaban J connectivity index is 2.20. The summed E-state index contributed by atoms with van der Waals surface area (Å²) in [6, 6.07) is 1.41. The number of nitrogens with one attached hydrogen (secondary N) is 1. The summed E-state index contributed by atoms with van der Waals surface area (Å²) in [7, 11) is 0. The molecular formula is C12H13ClFN5. The van der Waals surface area contributed by atoms with Crippen LogP contribution in [0, 0.1) is 12.7 Å². The molecule has 5 N–H and O–H groups in total. The van der Waals surface area contributed by atoms with Crippen LogP contribution in [0.4, 0.5) is 21.5 Å². The lowest BCUT2D eigenvalue weighted by molar-refractivity contribution is 0.631. The third kappa shape index (κ3) is 2.85. The average molecular weight is 282 g/mol. The second-order valence-corrected chi connectivity index (χ2v) is 4.44. The fourth-order valence-electron chi connectivity index (χ4n) is 1.54. The van der Waals surface area contributed by atoms with E-state index in [1.807, 2.05) is 6.92 Å². The SMILES string of the molecule is Cc1cnc(CNc2c(N)cc(N)c(Cl)c2F)cn1. The molecule has 2 aromatic rings. The predicted octanol–water partition coefficient (Wildman–Crippen LogP) is 2.35. The van der Waals surface area contributed by atoms with Crippen LogP contribution >= 0.6 is 11.6 Å². The first-order valence-electron chi connectivity index (χ1n) is 5.53. The number of nitrogens with zero attached hydrogens (tertiary/aromatic N) is 2. The van der Waals surface area contributed by atoms with Gasteiger partial charge in [-0.25, -0.2) is 4.39 Å². The third-order valence-electron chi connectivity index (χ3n) is 2.55. The van der Waals surface area contributed by atoms with E-state index in [2.05, 4.69) is 15.3 Å². The molecule has 0 saturated carbocycles. The number of nitrogen functional groups attached to an aromatic ring is 2. The summed E-state index contributed by atoms with van der Waals surface area (Å²) in [5.74, 6) is -0.667. The van der Waals surface area contributed by atoms with Crippen molar-refractivity contribution in [3.63, 3.8) is 0 Å². The first kappa shape index (κ1) is 13.4. The Hall–Kier alpha value is -2.08. The lowest BCUT2D eigenvalue weighted by Crippen LogP contribution is -2.08. The van der Waals surface area contributed by atoms with Crippen molar-refractivity contribution in [2.24, 2.45) is 0 Å². The van der Waals surface area contributed by atoms with E-state index in [1.54, 1.807) is 12.4 Å². The maximum atomic E-state index is 13.9. The van der Waals surface area contributed by atoms with E-state index < -0.39 is 5.82 Å². The molecule has 0 aliphatic heterocycles. The van der Waals surface area contributed by atoms with Gasteiger partial charge >= 0.3 is 0 Å². The zero-order valence-corrected chi connectivity index (χ0v) is 11.0. The zero-order valence-electron chi connectivity index (χ0n) is 10.2. The van der Waals surface area contributed by atoms with Gasteiger partial charge in [-0.3, -0.25) is 9.97 Å². The predicted molar refractivity (Wildman–Crippen MR) is 74.3 cm³/mol. The van der Waals surface area contributed by atoms with Crippen LogP contribution in [0.2, 0.25) is 5.02 Å². The first-order valence-corrected chi connectivity index (χ1v) is 5.91. The van der Waals surface area contributed by atoms with Crippen LogP contribution in [0.15, 0.2) is 18.5 Å². The lowest BCUT2D eigenvalue weighted by atomic mass is 10.2. The lowest BCUT2D eigenvalue weighted by Gasteiger charge is -2.12. The molecular weight excluding hydrogens is 269 g/mol. The number of hydrogen-bond donors (Lipinski definition) is 3. The minimum atomic E-state index is -0.667. The number of aryl methyl sites for hydroxylation is 1. The molecule has 5 nitrogen and oxygen atoms in total. The summed E-state index contributed by atoms with van der Waals surface area (Å²) in [6.07, 6.45) is 3.24. The molecule has 0 fully saturated rings. The maximum Gasteiger partial charge on any atom is 0.169 e. The highest BCUT2D eigenvalue weighted by molar-refractivity contribution is 6.33. The van der Waals surface area contributed by atoms with Crippen LogP contribution in [0.25, 0.3) is 0 Å². The highest BCUT2D eigenvalue weighted by Crippen LogP contribution is 2.33. The molecule has 2 rings (SSSR count). The van der Waals surface area contributed by atoms with Crippen molar-refractivity contribution in [2.75, 3.05) is 16.8 Å². The van der Waals surface area contributed by atoms with Gasteiger partial charge in [0.05, 0.1) is 41.2 Å². The number of benzene rings is 1. The Morgan fingerprint density at radius 2 is 2.00 bits per heavy atom. The minimum Gasteiger partial charge on any atom is -0.397 e. The van der Waals surface area contributed by atoms with Gasteiger partial charge in [-0.05, 0) is 13.0 Å². The molecule has 1 aromatic heterocycles. The Morgan fingerprint density at radius 1 is 1.26 bits per heavy atom. The fourth-order valence-corrected chi connectivity index (χ4v) is 1.68. The molecule has 0 spiro atoms. The summed E-state index contributed by atoms with van der Waals surface area (Å²) in [4.78, 5) is 8.24. The van der Waals surface area contributed by atoms with E-state index in [1.165, 1.54) is 6.07 Å². The highest BCUT2D eigenvalue weighted by atomic mass is 35.5. The van der Waals surface area contributed by atoms with Crippen molar-refractivity contribution < 1.29 is 4.39 Å². The van der Waals surface area contributed by atoms with Gasteiger partial charge < -0.3 is 16.8 Å². The van der Waals surface area contributed by atoms with E-state index in [0.29, 0.717) is 5.69 Å². The van der Waals surface area contributed by atoms with Crippen molar-refractivity contribution in [3.8, 4) is 0 Å². The Bertz CT molecular complexity index is 600. The summed E-state index contributed by atoms with van der Waals surface area (Å²) < 4.78 is 13.9. The van der Waals surface area contributed by atoms with Gasteiger partial charge in [0.15, 0.2) is 5.82 Å². The molecule has 0 unspecified atom stereocenters. The molecule has 7 heteroatoms. The van der Waals surface area contributed by atoms with Gasteiger partial charge in [0.2, 0.25) is 0 Å². The van der Waals surface area contributed by atoms with Gasteiger partial charge in [0.25, 0.3) is 0 Å². The van der Waals surface area contributed by atoms with Gasteiger partial charge in [0, 0.05) is 6.20 Å². The molecule has 0 atom stereocenters. The highest BCUT2D eigenvalue weighted by Gasteiger charge is 2.14. The normalized spacial score (nSPS) is 10.5. The summed E-state index contributed by atoms with van der Waals surface area (Å²) in [5.41, 5.74) is 13.1. The van der Waals surface area contributed by atoms with Crippen molar-refractivity contribution in [1.82, 2.24) is 9.97 Å². The number of rotatable bonds is 3. The van der Waals surface area contributed by atoms with E-state index >= 15 is 0 Å². The monoisotopic (exact) mass is 281 g/mol. The summed E-state index contributed by atoms with van der Waals surface area (Å²) in [6.45, 7) is 2.12. The van der Waals surface area contributed by atoms with E-state index in [0.717, 1.165) is 5.69 Å². The maximum absolute atomic E-state index is 13.9. The Morgan fingerprint density at radius 3 is 2.63 bits per heavy atom. The molecule has 0 aliphatic rings. The van der Waals surface area contributed by atoms with Crippen molar-refractivity contribution in [3.05, 3.63) is 40.7 Å². The smallest absolute Gasteiger partial charge is 0.169 e. The zero-order chi connectivity index (χ0) is 14.0. The minimum absolute atomic E-state index is 0.109. The van der Waals surface area contributed by atoms with Crippen LogP contribution in [0.3, 0.4) is 0 Å². The van der Waals surface area contributed by atoms with Crippen LogP contribution in [0.5, 0.6) is 0 Å². The molecule has 100 valence electrons. The average Bonchev–Trinajstić information content (AvgIpc) is 2.38. The standard InChI is InChI=1S/C12H13ClFN5/c1-6-3-18-7(4-17-6)5-19-12-9(16)2-8(15)10(13)11(12)14/h2-4,19H,5,15-16H2,1H3. The third-order valence-corrected chi connectivity index (χ3v) is 2.93. The van der Waals surface area contributed by atoms with E-state index in [4.69, 9.17) is 23.1 Å². The van der Waals surface area contributed by atoms with E-state index in [-0.39, 0.29) is 28.6 Å². The van der Waals surface area contributed by atoms with Crippen LogP contribution in [-0.2, 0) is 6.54 Å². The second kappa shape index (κ2) is 5.27. The van der Waals surface area contributed by atoms with E-state index in [9.17, 15) is 4.39 Å². The summed E-state index contributed by atoms with van der Waals surface area (Å²) >= 11 is 5.73. The number of aromatic nitrogens is 2. The largest absolute Gasteiger partial charge is 0.397 e.